The van der Waals surface area contributed by atoms with Gasteiger partial charge in [-0.2, -0.15) is 38.2 Å². The second-order valence-electron chi connectivity index (χ2n) is 37.8. The topological polar surface area (TPSA) is 399 Å². The number of morpholine rings is 1. The number of nitrogens with zero attached hydrogens (tertiary/aromatic N) is 9. The van der Waals surface area contributed by atoms with Crippen LogP contribution in [0.5, 0.6) is 17.2 Å². The minimum atomic E-state index is -4.00. The Bertz CT molecular complexity index is 6590. The molecule has 134 heavy (non-hydrogen) atoms. The monoisotopic (exact) mass is 1890 g/mol. The highest BCUT2D eigenvalue weighted by Crippen LogP contribution is 2.62. The second kappa shape index (κ2) is 37.8. The SMILES string of the molecule is COc1ccc2c(c1)C1CC1(NC(=O)C(=O)N(C)C)Cn1c-2c(C2CCCCC2)c2ccc(C(=O)NS(=O)(=O)N(C)C)cc21.COc1ccc2c(c1)C1CC1(NC(=O)C(=O)N1CCOCC1)Cn1c-2c(C2CCCCC2)c2ccc(C(=O)NS(=O)(=O)N(C)C)cc21.COc1ccc2c(c1)CC(NC(=O)C(=O)N(C)C)Cn1c-2c(C2CCCCC2)c2ccc(C(=O)NS(=O)(=O)N(C)C)cc21. The van der Waals surface area contributed by atoms with Crippen LogP contribution in [0.4, 0.5) is 0 Å². The molecule has 34 nitrogen and oxygen atoms in total. The molecule has 3 aromatic heterocycles. The van der Waals surface area contributed by atoms with Crippen LogP contribution in [-0.4, -0.2) is 255 Å². The van der Waals surface area contributed by atoms with Crippen molar-refractivity contribution in [2.45, 2.75) is 182 Å². The molecule has 9 amide bonds. The molecule has 6 N–H and O–H groups in total. The molecule has 6 fully saturated rings. The zero-order chi connectivity index (χ0) is 95.7. The van der Waals surface area contributed by atoms with Crippen molar-refractivity contribution < 1.29 is 87.4 Å². The van der Waals surface area contributed by atoms with E-state index in [-0.39, 0.29) is 28.5 Å². The fourth-order valence-corrected chi connectivity index (χ4v) is 22.7. The molecule has 5 saturated carbocycles. The number of hydrogen-bond donors (Lipinski definition) is 6. The molecule has 9 aromatic rings. The van der Waals surface area contributed by atoms with Crippen molar-refractivity contribution in [2.24, 2.45) is 0 Å². The van der Waals surface area contributed by atoms with Crippen LogP contribution in [0.25, 0.3) is 66.5 Å². The highest BCUT2D eigenvalue weighted by Gasteiger charge is 2.61. The number of ether oxygens (including phenoxy) is 4. The number of aromatic nitrogens is 3. The molecule has 1 saturated heterocycles. The largest absolute Gasteiger partial charge is 0.497 e. The predicted molar refractivity (Wildman–Crippen MR) is 506 cm³/mol. The first-order valence-electron chi connectivity index (χ1n) is 45.8. The number of carbonyl (C=O) groups is 9. The van der Waals surface area contributed by atoms with E-state index in [9.17, 15) is 68.4 Å². The number of amides is 9. The maximum absolute atomic E-state index is 13.6. The highest BCUT2D eigenvalue weighted by molar-refractivity contribution is 7.88. The molecule has 18 rings (SSSR count). The standard InChI is InChI=1S/C34H41N5O7S.C32H39N5O6S.C31H39N5O6S/c1-37(2)47(43,44)36-31(40)22-9-11-25-28(17-22)39-20-34(35-32(41)33(42)38-13-15-46-16-14-38)19-27(34)26-18-23(45-3)10-12-24(26)30(39)29(25)21-7-5-4-6-8-21;1-35(2)31(40)30(39)33-32-17-25(32)24-16-21(43-5)12-14-22(24)28-27(19-9-7-6-8-10-19)23-13-11-20(15-26(23)37(28)18-32)29(38)34-44(41,42)36(3)4;1-34(2)31(39)30(38)32-22-15-21-16-23(42-5)12-14-24(21)28-27(19-9-7-6-8-10-19)25-13-11-20(17-26(25)36(28)18-22)29(37)33-43(40,41)35(3)4/h9-12,17-18,21,27H,4-8,13-16,19-20H2,1-3H3,(H,35,41)(H,36,40);11-16,19,25H,6-10,17-18H2,1-5H3,(H,33,39)(H,34,38);11-14,16-17,19,22H,6-10,15,18H2,1-5H3,(H,32,38)(H,33,37). The van der Waals surface area contributed by atoms with E-state index in [1.54, 1.807) is 71.8 Å². The number of methoxy groups -OCH3 is 3. The van der Waals surface area contributed by atoms with Gasteiger partial charge in [0.25, 0.3) is 17.7 Å². The number of likely N-dealkylation sites (N-methyl/N-ethyl adjacent to an activating group) is 2. The Kier molecular flexibility index (Phi) is 27.0. The number of carbonyl (C=O) groups excluding carboxylic acids is 9. The van der Waals surface area contributed by atoms with Crippen LogP contribution in [-0.2, 0) is 90.2 Å². The second-order valence-corrected chi connectivity index (χ2v) is 43.4. The lowest BCUT2D eigenvalue weighted by molar-refractivity contribution is -0.149. The van der Waals surface area contributed by atoms with Crippen molar-refractivity contribution in [1.82, 2.24) is 71.4 Å². The lowest BCUT2D eigenvalue weighted by Crippen LogP contribution is -2.52. The fourth-order valence-electron chi connectivity index (χ4n) is 21.1. The van der Waals surface area contributed by atoms with Crippen LogP contribution in [0.15, 0.2) is 109 Å². The number of benzene rings is 6. The van der Waals surface area contributed by atoms with E-state index in [0.717, 1.165) is 173 Å². The molecule has 0 spiro atoms. The van der Waals surface area contributed by atoms with Crippen molar-refractivity contribution in [2.75, 3.05) is 118 Å². The summed E-state index contributed by atoms with van der Waals surface area (Å²) in [5.41, 5.74) is 14.4. The van der Waals surface area contributed by atoms with Crippen LogP contribution >= 0.6 is 0 Å². The molecule has 714 valence electrons. The summed E-state index contributed by atoms with van der Waals surface area (Å²) in [5, 5.41) is 12.2. The molecule has 5 aliphatic carbocycles. The summed E-state index contributed by atoms with van der Waals surface area (Å²) < 4.78 is 113. The van der Waals surface area contributed by atoms with Crippen molar-refractivity contribution in [3.05, 3.63) is 159 Å². The molecular weight excluding hydrogens is 1780 g/mol. The summed E-state index contributed by atoms with van der Waals surface area (Å²) in [4.78, 5) is 122. The lowest BCUT2D eigenvalue weighted by atomic mass is 9.81. The van der Waals surface area contributed by atoms with Crippen LogP contribution in [0.1, 0.15) is 203 Å². The molecule has 37 heteroatoms. The third kappa shape index (κ3) is 18.6. The van der Waals surface area contributed by atoms with Gasteiger partial charge in [0.2, 0.25) is 0 Å². The minimum absolute atomic E-state index is 0.0441. The third-order valence-electron chi connectivity index (χ3n) is 28.2. The first-order chi connectivity index (χ1) is 63.8. The first kappa shape index (κ1) is 95.4. The van der Waals surface area contributed by atoms with Gasteiger partial charge in [-0.25, -0.2) is 14.2 Å². The van der Waals surface area contributed by atoms with E-state index in [1.165, 1.54) is 107 Å². The van der Waals surface area contributed by atoms with Gasteiger partial charge < -0.3 is 63.3 Å². The van der Waals surface area contributed by atoms with Gasteiger partial charge in [0, 0.05) is 181 Å². The molecule has 0 radical (unpaired) electrons. The van der Waals surface area contributed by atoms with E-state index in [2.05, 4.69) is 56.0 Å². The highest BCUT2D eigenvalue weighted by atomic mass is 32.2. The Morgan fingerprint density at radius 1 is 0.410 bits per heavy atom. The fraction of sp³-hybridized carbons (Fsp3) is 0.474. The maximum Gasteiger partial charge on any atom is 0.312 e. The lowest BCUT2D eigenvalue weighted by Gasteiger charge is -2.27. The molecule has 7 heterocycles. The molecule has 5 unspecified atom stereocenters. The summed E-state index contributed by atoms with van der Waals surface area (Å²) >= 11 is 0. The van der Waals surface area contributed by atoms with Gasteiger partial charge in [-0.15, -0.1) is 0 Å². The summed E-state index contributed by atoms with van der Waals surface area (Å²) in [6.07, 6.45) is 18.3. The van der Waals surface area contributed by atoms with Gasteiger partial charge in [0.1, 0.15) is 17.2 Å². The van der Waals surface area contributed by atoms with Crippen molar-refractivity contribution >= 4 is 117 Å². The molecule has 9 aliphatic rings. The maximum atomic E-state index is 13.6. The zero-order valence-corrected chi connectivity index (χ0v) is 80.5. The Labute approximate surface area is 781 Å². The van der Waals surface area contributed by atoms with E-state index < -0.39 is 101 Å². The zero-order valence-electron chi connectivity index (χ0n) is 78.0. The smallest absolute Gasteiger partial charge is 0.312 e. The Morgan fingerprint density at radius 2 is 0.761 bits per heavy atom. The van der Waals surface area contributed by atoms with Gasteiger partial charge in [-0.1, -0.05) is 76.0 Å². The van der Waals surface area contributed by atoms with Crippen molar-refractivity contribution in [3.8, 4) is 51.0 Å². The third-order valence-corrected chi connectivity index (χ3v) is 32.5. The summed E-state index contributed by atoms with van der Waals surface area (Å²) in [5.74, 6) is -3.08. The number of hydrogen-bond acceptors (Lipinski definition) is 19. The average Bonchev–Trinajstić information content (AvgIpc) is 1.53. The van der Waals surface area contributed by atoms with Gasteiger partial charge >= 0.3 is 66.1 Å². The Hall–Kier alpha value is -11.7. The van der Waals surface area contributed by atoms with Gasteiger partial charge in [-0.3, -0.25) is 43.2 Å². The normalized spacial score (nSPS) is 20.3. The minimum Gasteiger partial charge on any atom is -0.497 e. The molecule has 6 aromatic carbocycles. The summed E-state index contributed by atoms with van der Waals surface area (Å²) in [6.45, 7) is 2.66. The number of nitrogens with one attached hydrogen (secondary N) is 6. The van der Waals surface area contributed by atoms with Gasteiger partial charge in [-0.05, 0) is 200 Å². The van der Waals surface area contributed by atoms with Crippen LogP contribution in [0.2, 0.25) is 0 Å². The van der Waals surface area contributed by atoms with E-state index in [1.807, 2.05) is 60.7 Å². The van der Waals surface area contributed by atoms with Crippen molar-refractivity contribution in [3.63, 3.8) is 0 Å². The summed E-state index contributed by atoms with van der Waals surface area (Å²) in [6, 6.07) is 33.6. The number of rotatable bonds is 18. The first-order valence-corrected chi connectivity index (χ1v) is 50.1. The molecule has 5 atom stereocenters. The van der Waals surface area contributed by atoms with E-state index >= 15 is 0 Å². The van der Waals surface area contributed by atoms with Gasteiger partial charge in [0.15, 0.2) is 0 Å². The molecule has 4 aliphatic heterocycles. The van der Waals surface area contributed by atoms with Crippen molar-refractivity contribution in [1.29, 1.82) is 0 Å². The van der Waals surface area contributed by atoms with Crippen LogP contribution in [0, 0.1) is 0 Å². The molecule has 0 bridgehead atoms. The van der Waals surface area contributed by atoms with Gasteiger partial charge in [0.05, 0.1) is 68.7 Å². The molecular formula is C97H119N15O19S3. The predicted octanol–water partition coefficient (Wildman–Crippen LogP) is 9.49. The van der Waals surface area contributed by atoms with E-state index in [4.69, 9.17) is 18.9 Å². The Balaban J connectivity index is 0.000000146. The van der Waals surface area contributed by atoms with Crippen LogP contribution < -0.4 is 44.3 Å². The van der Waals surface area contributed by atoms with E-state index in [0.29, 0.717) is 100 Å². The quantitative estimate of drug-likeness (QED) is 0.0435. The van der Waals surface area contributed by atoms with Crippen LogP contribution in [0.3, 0.4) is 0 Å². The Morgan fingerprint density at radius 3 is 1.13 bits per heavy atom. The summed E-state index contributed by atoms with van der Waals surface area (Å²) in [7, 11) is 7.20. The number of fused-ring (bicyclic) bond motifs is 19. The average molecular weight is 1900 g/mol.